The largest absolute Gasteiger partial charge is 4.00 e. The van der Waals surface area contributed by atoms with Crippen molar-refractivity contribution >= 4 is 8.07 Å². The number of hydrogen-bond acceptors (Lipinski definition) is 0. The summed E-state index contributed by atoms with van der Waals surface area (Å²) in [5, 5.41) is 1.49. The summed E-state index contributed by atoms with van der Waals surface area (Å²) in [4.78, 5) is 0. The standard InChI is InChI=1S/C8H13Si.C5H5.Ti.2H/c1-9(2,3)8-6-4-5-7-8;1-2-4-5-3-1;;;/h4,6H,5H2,1-3H3;1-3H,4H2;;;/q2*-1;+4;2*-1. The molecular weight excluding hydrogens is 232 g/mol. The van der Waals surface area contributed by atoms with Gasteiger partial charge in [-0.25, -0.2) is 23.4 Å². The van der Waals surface area contributed by atoms with E-state index < -0.39 is 8.07 Å². The summed E-state index contributed by atoms with van der Waals surface area (Å²) >= 11 is 0. The van der Waals surface area contributed by atoms with Crippen molar-refractivity contribution in [3.63, 3.8) is 0 Å². The minimum Gasteiger partial charge on any atom is -1.00 e. The summed E-state index contributed by atoms with van der Waals surface area (Å²) in [5.41, 5.74) is 0. The van der Waals surface area contributed by atoms with E-state index in [-0.39, 0.29) is 24.6 Å². The predicted molar refractivity (Wildman–Crippen MR) is 67.7 cm³/mol. The molecule has 0 saturated carbocycles. The molecule has 0 saturated heterocycles. The van der Waals surface area contributed by atoms with Crippen molar-refractivity contribution in [2.75, 3.05) is 0 Å². The van der Waals surface area contributed by atoms with Crippen molar-refractivity contribution < 1.29 is 24.6 Å². The van der Waals surface area contributed by atoms with Crippen LogP contribution in [0.3, 0.4) is 0 Å². The van der Waals surface area contributed by atoms with Crippen molar-refractivity contribution in [2.24, 2.45) is 0 Å². The zero-order valence-corrected chi connectivity index (χ0v) is 12.4. The van der Waals surface area contributed by atoms with E-state index in [1.54, 1.807) is 0 Å². The second-order valence-electron chi connectivity index (χ2n) is 4.45. The predicted octanol–water partition coefficient (Wildman–Crippen LogP) is 4.08. The van der Waals surface area contributed by atoms with E-state index in [0.29, 0.717) is 0 Å². The fourth-order valence-electron chi connectivity index (χ4n) is 1.26. The van der Waals surface area contributed by atoms with E-state index in [1.807, 2.05) is 12.2 Å². The fourth-order valence-corrected chi connectivity index (χ4v) is 2.51. The molecule has 2 aliphatic carbocycles. The summed E-state index contributed by atoms with van der Waals surface area (Å²) < 4.78 is 0. The quantitative estimate of drug-likeness (QED) is 0.487. The molecule has 0 bridgehead atoms. The van der Waals surface area contributed by atoms with Crippen LogP contribution in [0.15, 0.2) is 35.6 Å². The summed E-state index contributed by atoms with van der Waals surface area (Å²) in [6.45, 7) is 7.06. The van der Waals surface area contributed by atoms with Crippen LogP contribution in [-0.2, 0) is 21.7 Å². The molecule has 0 N–H and O–H groups in total. The van der Waals surface area contributed by atoms with Gasteiger partial charge in [0.25, 0.3) is 0 Å². The average Bonchev–Trinajstić information content (AvgIpc) is 2.80. The third-order valence-corrected chi connectivity index (χ3v) is 4.05. The Bertz CT molecular complexity index is 289. The third kappa shape index (κ3) is 6.14. The molecule has 15 heavy (non-hydrogen) atoms. The molecule has 0 spiro atoms. The minimum absolute atomic E-state index is 0. The van der Waals surface area contributed by atoms with Crippen molar-refractivity contribution in [1.82, 2.24) is 0 Å². The molecule has 80 valence electrons. The van der Waals surface area contributed by atoms with Gasteiger partial charge in [0.1, 0.15) is 0 Å². The van der Waals surface area contributed by atoms with E-state index in [0.717, 1.165) is 12.8 Å². The zero-order chi connectivity index (χ0) is 10.4. The van der Waals surface area contributed by atoms with Gasteiger partial charge in [-0.15, -0.1) is 12.8 Å². The molecule has 0 aromatic heterocycles. The van der Waals surface area contributed by atoms with Crippen molar-refractivity contribution in [3.8, 4) is 0 Å². The Balaban J connectivity index is -0.000000216. The first-order valence-electron chi connectivity index (χ1n) is 5.10. The first-order valence-corrected chi connectivity index (χ1v) is 8.60. The second-order valence-corrected chi connectivity index (χ2v) is 9.49. The second kappa shape index (κ2) is 7.21. The van der Waals surface area contributed by atoms with Gasteiger partial charge in [0, 0.05) is 8.07 Å². The maximum atomic E-state index is 3.36. The molecule has 2 aliphatic rings. The van der Waals surface area contributed by atoms with Gasteiger partial charge in [-0.2, -0.15) is 12.2 Å². The average molecular weight is 252 g/mol. The Hall–Kier alpha value is -0.109. The van der Waals surface area contributed by atoms with Crippen LogP contribution in [0.2, 0.25) is 19.6 Å². The van der Waals surface area contributed by atoms with E-state index in [4.69, 9.17) is 0 Å². The Labute approximate surface area is 113 Å². The molecule has 0 aromatic rings. The first kappa shape index (κ1) is 14.9. The molecule has 2 heteroatoms. The van der Waals surface area contributed by atoms with Gasteiger partial charge in [-0.05, 0) is 0 Å². The first-order chi connectivity index (χ1) is 6.61. The topological polar surface area (TPSA) is 0 Å². The normalized spacial score (nSPS) is 16.9. The molecule has 0 unspecified atom stereocenters. The van der Waals surface area contributed by atoms with Crippen LogP contribution in [0.4, 0.5) is 0 Å². The Morgan fingerprint density at radius 3 is 2.13 bits per heavy atom. The maximum absolute atomic E-state index is 3.36. The van der Waals surface area contributed by atoms with Gasteiger partial charge in [0.15, 0.2) is 0 Å². The molecule has 0 nitrogen and oxygen atoms in total. The number of allylic oxidation sites excluding steroid dienone is 8. The molecule has 2 rings (SSSR count). The van der Waals surface area contributed by atoms with Gasteiger partial charge in [0.05, 0.1) is 0 Å². The summed E-state index contributed by atoms with van der Waals surface area (Å²) in [6, 6.07) is 0. The van der Waals surface area contributed by atoms with Crippen molar-refractivity contribution in [2.45, 2.75) is 32.5 Å². The number of rotatable bonds is 1. The smallest absolute Gasteiger partial charge is 1.00 e. The molecule has 0 aromatic carbocycles. The Kier molecular flexibility index (Phi) is 7.16. The SMILES string of the molecule is C[Si](C)(C)C1=[C-]CC=C1.[C-]1=CC=CC1.[H-].[H-].[Ti+4]. The summed E-state index contributed by atoms with van der Waals surface area (Å²) in [6.07, 6.45) is 18.8. The van der Waals surface area contributed by atoms with Crippen LogP contribution in [0, 0.1) is 12.2 Å². The number of hydrogen-bond donors (Lipinski definition) is 0. The molecule has 0 aliphatic heterocycles. The van der Waals surface area contributed by atoms with Crippen LogP contribution >= 0.6 is 0 Å². The summed E-state index contributed by atoms with van der Waals surface area (Å²) in [5.74, 6) is 0. The van der Waals surface area contributed by atoms with Gasteiger partial charge >= 0.3 is 21.7 Å². The van der Waals surface area contributed by atoms with Crippen LogP contribution in [0.1, 0.15) is 15.7 Å². The maximum Gasteiger partial charge on any atom is 4.00 e. The molecular formula is C13H20SiTi. The van der Waals surface area contributed by atoms with Gasteiger partial charge < -0.3 is 2.85 Å². The van der Waals surface area contributed by atoms with E-state index in [1.165, 1.54) is 5.20 Å². The van der Waals surface area contributed by atoms with Crippen LogP contribution < -0.4 is 0 Å². The monoisotopic (exact) mass is 252 g/mol. The molecule has 0 amide bonds. The van der Waals surface area contributed by atoms with Crippen molar-refractivity contribution in [1.29, 1.82) is 0 Å². The summed E-state index contributed by atoms with van der Waals surface area (Å²) in [7, 11) is -1.01. The van der Waals surface area contributed by atoms with Gasteiger partial charge in [-0.3, -0.25) is 12.2 Å². The van der Waals surface area contributed by atoms with Crippen LogP contribution in [0.5, 0.6) is 0 Å². The Morgan fingerprint density at radius 2 is 1.93 bits per heavy atom. The van der Waals surface area contributed by atoms with E-state index in [2.05, 4.69) is 50.0 Å². The van der Waals surface area contributed by atoms with Gasteiger partial charge in [0.2, 0.25) is 0 Å². The fraction of sp³-hybridized carbons (Fsp3) is 0.385. The van der Waals surface area contributed by atoms with Crippen LogP contribution in [-0.4, -0.2) is 8.07 Å². The molecule has 0 heterocycles. The minimum atomic E-state index is -1.01. The van der Waals surface area contributed by atoms with Crippen molar-refractivity contribution in [3.05, 3.63) is 47.7 Å². The Morgan fingerprint density at radius 1 is 1.20 bits per heavy atom. The van der Waals surface area contributed by atoms with Gasteiger partial charge in [-0.1, -0.05) is 19.6 Å². The molecule has 0 radical (unpaired) electrons. The van der Waals surface area contributed by atoms with Crippen LogP contribution in [0.25, 0.3) is 0 Å². The zero-order valence-electron chi connectivity index (χ0n) is 11.8. The van der Waals surface area contributed by atoms with E-state index >= 15 is 0 Å². The van der Waals surface area contributed by atoms with E-state index in [9.17, 15) is 0 Å². The molecule has 0 atom stereocenters. The third-order valence-electron chi connectivity index (χ3n) is 2.09. The molecule has 0 fully saturated rings.